The number of carbonyl (C=O) groups excluding carboxylic acids is 1. The van der Waals surface area contributed by atoms with Crippen molar-refractivity contribution in [2.24, 2.45) is 0 Å². The van der Waals surface area contributed by atoms with Gasteiger partial charge < -0.3 is 15.2 Å². The number of hydrogen-bond donors (Lipinski definition) is 2. The summed E-state index contributed by atoms with van der Waals surface area (Å²) in [5, 5.41) is 15.7. The summed E-state index contributed by atoms with van der Waals surface area (Å²) in [6.45, 7) is 1.61. The summed E-state index contributed by atoms with van der Waals surface area (Å²) in [6, 6.07) is 5.52. The van der Waals surface area contributed by atoms with E-state index in [1.165, 1.54) is 24.1 Å². The van der Waals surface area contributed by atoms with Gasteiger partial charge >= 0.3 is 5.97 Å². The molecule has 2 rings (SSSR count). The van der Waals surface area contributed by atoms with Crippen LogP contribution in [-0.2, 0) is 4.79 Å². The lowest BCUT2D eigenvalue weighted by Crippen LogP contribution is -2.24. The molecule has 0 aliphatic carbocycles. The van der Waals surface area contributed by atoms with E-state index in [9.17, 15) is 9.59 Å². The minimum Gasteiger partial charge on any atom is -0.495 e. The molecule has 1 heterocycles. The van der Waals surface area contributed by atoms with Gasteiger partial charge in [0.05, 0.1) is 12.1 Å². The SMILES string of the molecule is COc1ccc(NC(=O)C(C)n2ccc(C(=O)O)n2)cc1Cl. The average molecular weight is 324 g/mol. The number of nitrogens with one attached hydrogen (secondary N) is 1. The van der Waals surface area contributed by atoms with Crippen molar-refractivity contribution >= 4 is 29.2 Å². The Balaban J connectivity index is 2.10. The van der Waals surface area contributed by atoms with E-state index in [1.54, 1.807) is 25.1 Å². The molecule has 1 atom stereocenters. The standard InChI is InChI=1S/C14H14ClN3O4/c1-8(18-6-5-11(17-18)14(20)21)13(19)16-9-3-4-12(22-2)10(15)7-9/h3-8H,1-2H3,(H,16,19)(H,20,21). The molecule has 1 amide bonds. The summed E-state index contributed by atoms with van der Waals surface area (Å²) in [5.41, 5.74) is 0.389. The summed E-state index contributed by atoms with van der Waals surface area (Å²) in [4.78, 5) is 23.0. The quantitative estimate of drug-likeness (QED) is 0.881. The predicted molar refractivity (Wildman–Crippen MR) is 80.5 cm³/mol. The number of nitrogens with zero attached hydrogens (tertiary/aromatic N) is 2. The van der Waals surface area contributed by atoms with E-state index in [4.69, 9.17) is 21.4 Å². The van der Waals surface area contributed by atoms with Gasteiger partial charge in [-0.15, -0.1) is 0 Å². The molecule has 0 saturated heterocycles. The van der Waals surface area contributed by atoms with Crippen LogP contribution in [0.1, 0.15) is 23.5 Å². The number of aromatic nitrogens is 2. The maximum Gasteiger partial charge on any atom is 0.356 e. The highest BCUT2D eigenvalue weighted by atomic mass is 35.5. The summed E-state index contributed by atoms with van der Waals surface area (Å²) in [6.07, 6.45) is 1.44. The van der Waals surface area contributed by atoms with Gasteiger partial charge in [-0.2, -0.15) is 5.10 Å². The third-order valence-corrected chi connectivity index (χ3v) is 3.32. The van der Waals surface area contributed by atoms with Gasteiger partial charge in [0.15, 0.2) is 5.69 Å². The molecule has 2 aromatic rings. The van der Waals surface area contributed by atoms with Crippen molar-refractivity contribution in [2.45, 2.75) is 13.0 Å². The molecule has 0 saturated carbocycles. The fraction of sp³-hybridized carbons (Fsp3) is 0.214. The molecule has 0 aliphatic rings. The highest BCUT2D eigenvalue weighted by Crippen LogP contribution is 2.27. The lowest BCUT2D eigenvalue weighted by atomic mass is 10.2. The van der Waals surface area contributed by atoms with E-state index in [-0.39, 0.29) is 11.6 Å². The molecule has 8 heteroatoms. The number of benzene rings is 1. The van der Waals surface area contributed by atoms with Gasteiger partial charge in [0, 0.05) is 11.9 Å². The Hall–Kier alpha value is -2.54. The topological polar surface area (TPSA) is 93.5 Å². The predicted octanol–water partition coefficient (Wildman–Crippen LogP) is 2.44. The van der Waals surface area contributed by atoms with E-state index in [2.05, 4.69) is 10.4 Å². The molecule has 0 spiro atoms. The van der Waals surface area contributed by atoms with E-state index >= 15 is 0 Å². The van der Waals surface area contributed by atoms with Crippen molar-refractivity contribution in [1.82, 2.24) is 9.78 Å². The minimum atomic E-state index is -1.15. The van der Waals surface area contributed by atoms with Crippen LogP contribution in [0, 0.1) is 0 Å². The first-order valence-electron chi connectivity index (χ1n) is 6.35. The Bertz CT molecular complexity index is 714. The second-order valence-corrected chi connectivity index (χ2v) is 4.91. The third kappa shape index (κ3) is 3.37. The Morgan fingerprint density at radius 1 is 1.41 bits per heavy atom. The van der Waals surface area contributed by atoms with Crippen molar-refractivity contribution in [3.05, 3.63) is 41.2 Å². The summed E-state index contributed by atoms with van der Waals surface area (Å²) in [5.74, 6) is -0.986. The summed E-state index contributed by atoms with van der Waals surface area (Å²) < 4.78 is 6.31. The number of halogens is 1. The number of amides is 1. The Kier molecular flexibility index (Phi) is 4.67. The van der Waals surface area contributed by atoms with Crippen LogP contribution in [0.25, 0.3) is 0 Å². The first-order chi connectivity index (χ1) is 10.4. The summed E-state index contributed by atoms with van der Waals surface area (Å²) >= 11 is 5.99. The number of ether oxygens (including phenoxy) is 1. The zero-order valence-electron chi connectivity index (χ0n) is 11.9. The largest absolute Gasteiger partial charge is 0.495 e. The number of hydrogen-bond acceptors (Lipinski definition) is 4. The van der Waals surface area contributed by atoms with E-state index in [0.29, 0.717) is 16.5 Å². The molecule has 0 fully saturated rings. The van der Waals surface area contributed by atoms with Crippen molar-refractivity contribution in [3.8, 4) is 5.75 Å². The lowest BCUT2D eigenvalue weighted by Gasteiger charge is -2.13. The molecule has 22 heavy (non-hydrogen) atoms. The smallest absolute Gasteiger partial charge is 0.356 e. The number of carbonyl (C=O) groups is 2. The molecule has 1 unspecified atom stereocenters. The van der Waals surface area contributed by atoms with Gasteiger partial charge in [0.1, 0.15) is 11.8 Å². The number of aromatic carboxylic acids is 1. The fourth-order valence-corrected chi connectivity index (χ4v) is 2.04. The van der Waals surface area contributed by atoms with E-state index < -0.39 is 12.0 Å². The normalized spacial score (nSPS) is 11.8. The maximum absolute atomic E-state index is 12.2. The van der Waals surface area contributed by atoms with Gasteiger partial charge in [0.2, 0.25) is 5.91 Å². The number of carboxylic acids is 1. The van der Waals surface area contributed by atoms with Crippen molar-refractivity contribution in [2.75, 3.05) is 12.4 Å². The van der Waals surface area contributed by atoms with Crippen molar-refractivity contribution < 1.29 is 19.4 Å². The molecule has 1 aromatic heterocycles. The van der Waals surface area contributed by atoms with Gasteiger partial charge in [-0.05, 0) is 31.2 Å². The van der Waals surface area contributed by atoms with Gasteiger partial charge in [0.25, 0.3) is 0 Å². The zero-order valence-corrected chi connectivity index (χ0v) is 12.7. The molecule has 7 nitrogen and oxygen atoms in total. The minimum absolute atomic E-state index is 0.118. The first kappa shape index (κ1) is 15.8. The Morgan fingerprint density at radius 2 is 2.14 bits per heavy atom. The number of carboxylic acid groups (broad SMARTS) is 1. The average Bonchev–Trinajstić information content (AvgIpc) is 2.96. The number of anilines is 1. The second-order valence-electron chi connectivity index (χ2n) is 4.50. The van der Waals surface area contributed by atoms with Crippen LogP contribution < -0.4 is 10.1 Å². The van der Waals surface area contributed by atoms with Gasteiger partial charge in [-0.3, -0.25) is 9.48 Å². The highest BCUT2D eigenvalue weighted by molar-refractivity contribution is 6.32. The zero-order chi connectivity index (χ0) is 16.3. The van der Waals surface area contributed by atoms with Crippen LogP contribution in [0.15, 0.2) is 30.5 Å². The van der Waals surface area contributed by atoms with Crippen LogP contribution >= 0.6 is 11.6 Å². The van der Waals surface area contributed by atoms with Crippen molar-refractivity contribution in [3.63, 3.8) is 0 Å². The van der Waals surface area contributed by atoms with Crippen LogP contribution in [0.2, 0.25) is 5.02 Å². The Morgan fingerprint density at radius 3 is 2.68 bits per heavy atom. The lowest BCUT2D eigenvalue weighted by molar-refractivity contribution is -0.119. The van der Waals surface area contributed by atoms with Gasteiger partial charge in [-0.25, -0.2) is 4.79 Å². The molecule has 2 N–H and O–H groups in total. The van der Waals surface area contributed by atoms with E-state index in [0.717, 1.165) is 0 Å². The second kappa shape index (κ2) is 6.48. The van der Waals surface area contributed by atoms with Crippen molar-refractivity contribution in [1.29, 1.82) is 0 Å². The van der Waals surface area contributed by atoms with Crippen LogP contribution in [-0.4, -0.2) is 33.9 Å². The molecular weight excluding hydrogens is 310 g/mol. The number of rotatable bonds is 5. The van der Waals surface area contributed by atoms with E-state index in [1.807, 2.05) is 0 Å². The van der Waals surface area contributed by atoms with Gasteiger partial charge in [-0.1, -0.05) is 11.6 Å². The molecule has 1 aromatic carbocycles. The molecule has 0 aliphatic heterocycles. The summed E-state index contributed by atoms with van der Waals surface area (Å²) in [7, 11) is 1.50. The molecule has 116 valence electrons. The molecular formula is C14H14ClN3O4. The maximum atomic E-state index is 12.2. The van der Waals surface area contributed by atoms with Crippen LogP contribution in [0.3, 0.4) is 0 Å². The van der Waals surface area contributed by atoms with Crippen LogP contribution in [0.5, 0.6) is 5.75 Å². The number of methoxy groups -OCH3 is 1. The Labute approximate surface area is 131 Å². The third-order valence-electron chi connectivity index (χ3n) is 3.02. The monoisotopic (exact) mass is 323 g/mol. The highest BCUT2D eigenvalue weighted by Gasteiger charge is 2.18. The molecule has 0 bridgehead atoms. The first-order valence-corrected chi connectivity index (χ1v) is 6.73. The van der Waals surface area contributed by atoms with Crippen LogP contribution in [0.4, 0.5) is 5.69 Å². The fourth-order valence-electron chi connectivity index (χ4n) is 1.78. The molecule has 0 radical (unpaired) electrons.